The van der Waals surface area contributed by atoms with Gasteiger partial charge < -0.3 is 14.4 Å². The first-order chi connectivity index (χ1) is 25.8. The first-order valence-electron chi connectivity index (χ1n) is 19.5. The zero-order valence-electron chi connectivity index (χ0n) is 31.9. The lowest BCUT2D eigenvalue weighted by molar-refractivity contribution is -0.0930. The Labute approximate surface area is 320 Å². The summed E-state index contributed by atoms with van der Waals surface area (Å²) >= 11 is 7.34. The molecule has 2 aromatic carbocycles. The summed E-state index contributed by atoms with van der Waals surface area (Å²) in [6.45, 7) is 14.8. The molecule has 1 unspecified atom stereocenters. The molecule has 4 aliphatic rings. The number of nitrogens with zero attached hydrogens (tertiary/aromatic N) is 8. The van der Waals surface area contributed by atoms with Gasteiger partial charge in [0.25, 0.3) is 0 Å². The van der Waals surface area contributed by atoms with Crippen molar-refractivity contribution in [2.24, 2.45) is 5.41 Å². The van der Waals surface area contributed by atoms with E-state index < -0.39 is 11.8 Å². The summed E-state index contributed by atoms with van der Waals surface area (Å²) in [4.78, 5) is 16.7. The first-order valence-corrected chi connectivity index (χ1v) is 19.9. The number of alkyl halides is 1. The number of hydrogen-bond donors (Lipinski definition) is 0. The molecule has 286 valence electrons. The van der Waals surface area contributed by atoms with Crippen molar-refractivity contribution >= 4 is 39.5 Å². The fourth-order valence-electron chi connectivity index (χ4n) is 9.22. The smallest absolute Gasteiger partial charge is 0.410 e. The fraction of sp³-hybridized carbons (Fsp3) is 0.561. The summed E-state index contributed by atoms with van der Waals surface area (Å²) in [5.41, 5.74) is 7.31. The van der Waals surface area contributed by atoms with E-state index in [4.69, 9.17) is 36.4 Å². The molecule has 1 saturated carbocycles. The number of aromatic nitrogens is 6. The standard InChI is InChI=1S/C41H50ClFN8O3/c1-25-16-33-31(20-44-51(33)34-8-6-7-15-53-34)36(37(25)42)35-26(2)50(30-18-41(19-30)23-48(24-41)39(52)54-40(3,4)5)46-38(35)27-9-10-32-28(17-27)21-49(45-32)14-13-47-12-11-29(43)22-47/h9-10,16-17,20-21,29-30,34H,6-8,11-15,18-19,22-24H2,1-5H3/t29-,34?/m0/s1. The Hall–Kier alpha value is -4.00. The minimum absolute atomic E-state index is 0.0867. The number of ether oxygens (including phenoxy) is 2. The lowest BCUT2D eigenvalue weighted by atomic mass is 9.61. The summed E-state index contributed by atoms with van der Waals surface area (Å²) < 4.78 is 31.8. The van der Waals surface area contributed by atoms with Crippen LogP contribution in [0.2, 0.25) is 5.02 Å². The molecule has 1 aliphatic carbocycles. The van der Waals surface area contributed by atoms with Gasteiger partial charge in [-0.25, -0.2) is 13.9 Å². The van der Waals surface area contributed by atoms with Crippen LogP contribution in [0.25, 0.3) is 44.2 Å². The molecule has 1 amide bonds. The number of fused-ring (bicyclic) bond motifs is 2. The van der Waals surface area contributed by atoms with Gasteiger partial charge in [-0.15, -0.1) is 0 Å². The van der Waals surface area contributed by atoms with Gasteiger partial charge in [0.05, 0.1) is 34.8 Å². The van der Waals surface area contributed by atoms with E-state index in [9.17, 15) is 9.18 Å². The Morgan fingerprint density at radius 1 is 1.06 bits per heavy atom. The summed E-state index contributed by atoms with van der Waals surface area (Å²) in [6.07, 6.45) is 8.52. The van der Waals surface area contributed by atoms with Gasteiger partial charge in [0.15, 0.2) is 6.23 Å². The zero-order valence-corrected chi connectivity index (χ0v) is 32.7. The molecule has 5 aromatic rings. The second kappa shape index (κ2) is 13.3. The minimum Gasteiger partial charge on any atom is -0.444 e. The monoisotopic (exact) mass is 756 g/mol. The van der Waals surface area contributed by atoms with Gasteiger partial charge in [-0.3, -0.25) is 14.3 Å². The van der Waals surface area contributed by atoms with Crippen molar-refractivity contribution in [2.45, 2.75) is 104 Å². The molecular formula is C41H50ClFN8O3. The van der Waals surface area contributed by atoms with Crippen LogP contribution >= 0.6 is 11.6 Å². The largest absolute Gasteiger partial charge is 0.444 e. The van der Waals surface area contributed by atoms with E-state index in [1.165, 1.54) is 0 Å². The Bertz CT molecular complexity index is 2230. The normalized spacial score (nSPS) is 22.0. The lowest BCUT2D eigenvalue weighted by Gasteiger charge is -2.58. The third-order valence-electron chi connectivity index (χ3n) is 11.9. The van der Waals surface area contributed by atoms with Crippen molar-refractivity contribution in [3.63, 3.8) is 0 Å². The highest BCUT2D eigenvalue weighted by atomic mass is 35.5. The van der Waals surface area contributed by atoms with Crippen molar-refractivity contribution in [3.05, 3.63) is 52.9 Å². The fourth-order valence-corrected chi connectivity index (χ4v) is 9.47. The maximum absolute atomic E-state index is 13.8. The predicted octanol–water partition coefficient (Wildman–Crippen LogP) is 8.50. The molecule has 3 aliphatic heterocycles. The number of likely N-dealkylation sites (tertiary alicyclic amines) is 2. The van der Waals surface area contributed by atoms with Crippen LogP contribution in [0.15, 0.2) is 36.7 Å². The van der Waals surface area contributed by atoms with Crippen LogP contribution in [0.3, 0.4) is 0 Å². The maximum atomic E-state index is 13.8. The van der Waals surface area contributed by atoms with Gasteiger partial charge >= 0.3 is 6.09 Å². The van der Waals surface area contributed by atoms with Crippen LogP contribution in [0.5, 0.6) is 0 Å². The Balaban J connectivity index is 1.08. The van der Waals surface area contributed by atoms with Gasteiger partial charge in [0.2, 0.25) is 0 Å². The number of amides is 1. The predicted molar refractivity (Wildman–Crippen MR) is 207 cm³/mol. The molecule has 11 nitrogen and oxygen atoms in total. The van der Waals surface area contributed by atoms with Gasteiger partial charge in [0, 0.05) is 84.1 Å². The summed E-state index contributed by atoms with van der Waals surface area (Å²) in [5.74, 6) is 0. The van der Waals surface area contributed by atoms with Crippen LogP contribution in [-0.4, -0.2) is 96.3 Å². The van der Waals surface area contributed by atoms with Crippen molar-refractivity contribution in [2.75, 3.05) is 39.3 Å². The number of carbonyl (C=O) groups excluding carboxylic acids is 1. The van der Waals surface area contributed by atoms with E-state index in [0.717, 1.165) is 107 Å². The van der Waals surface area contributed by atoms with Crippen molar-refractivity contribution in [3.8, 4) is 22.4 Å². The number of hydrogen-bond acceptors (Lipinski definition) is 7. The number of benzene rings is 2. The van der Waals surface area contributed by atoms with Gasteiger partial charge in [-0.2, -0.15) is 15.3 Å². The number of aryl methyl sites for hydroxylation is 1. The SMILES string of the molecule is Cc1cc2c(cnn2C2CCCCO2)c(-c2c(-c3ccc4nn(CCN5CC[C@H](F)C5)cc4c3)nn(C3CC4(C3)CN(C(=O)OC(C)(C)C)C4)c2C)c1Cl. The Kier molecular flexibility index (Phi) is 8.81. The van der Waals surface area contributed by atoms with E-state index >= 15 is 0 Å². The second-order valence-corrected chi connectivity index (χ2v) is 17.6. The van der Waals surface area contributed by atoms with Gasteiger partial charge in [-0.05, 0) is 96.9 Å². The van der Waals surface area contributed by atoms with E-state index in [1.807, 2.05) is 41.2 Å². The van der Waals surface area contributed by atoms with Crippen LogP contribution < -0.4 is 0 Å². The highest BCUT2D eigenvalue weighted by Crippen LogP contribution is 2.56. The van der Waals surface area contributed by atoms with Crippen molar-refractivity contribution < 1.29 is 18.7 Å². The first kappa shape index (κ1) is 35.7. The molecule has 9 rings (SSSR count). The van der Waals surface area contributed by atoms with E-state index in [2.05, 4.69) is 53.9 Å². The molecule has 3 saturated heterocycles. The molecule has 4 fully saturated rings. The number of rotatable bonds is 7. The molecule has 0 bridgehead atoms. The molecule has 0 radical (unpaired) electrons. The quantitative estimate of drug-likeness (QED) is 0.164. The molecule has 3 aromatic heterocycles. The van der Waals surface area contributed by atoms with Crippen LogP contribution in [0.1, 0.15) is 82.8 Å². The van der Waals surface area contributed by atoms with Crippen LogP contribution in [0, 0.1) is 19.3 Å². The molecule has 2 atom stereocenters. The van der Waals surface area contributed by atoms with Crippen molar-refractivity contribution in [1.29, 1.82) is 0 Å². The van der Waals surface area contributed by atoms with E-state index in [1.54, 1.807) is 0 Å². The highest BCUT2D eigenvalue weighted by molar-refractivity contribution is 6.36. The van der Waals surface area contributed by atoms with E-state index in [0.29, 0.717) is 37.6 Å². The molecule has 6 heterocycles. The summed E-state index contributed by atoms with van der Waals surface area (Å²) in [6, 6.07) is 8.67. The maximum Gasteiger partial charge on any atom is 0.410 e. The third-order valence-corrected chi connectivity index (χ3v) is 12.4. The number of halogens is 2. The van der Waals surface area contributed by atoms with Crippen molar-refractivity contribution in [1.82, 2.24) is 39.1 Å². The van der Waals surface area contributed by atoms with Gasteiger partial charge in [-0.1, -0.05) is 17.7 Å². The molecule has 1 spiro atoms. The topological polar surface area (TPSA) is 95.5 Å². The molecule has 0 N–H and O–H groups in total. The average Bonchev–Trinajstić information content (AvgIpc) is 3.88. The summed E-state index contributed by atoms with van der Waals surface area (Å²) in [7, 11) is 0. The van der Waals surface area contributed by atoms with Gasteiger partial charge in [0.1, 0.15) is 17.5 Å². The third kappa shape index (κ3) is 6.37. The number of carbonyl (C=O) groups is 1. The molecular weight excluding hydrogens is 707 g/mol. The van der Waals surface area contributed by atoms with Crippen LogP contribution in [-0.2, 0) is 16.0 Å². The Morgan fingerprint density at radius 3 is 2.59 bits per heavy atom. The van der Waals surface area contributed by atoms with Crippen LogP contribution in [0.4, 0.5) is 9.18 Å². The molecule has 13 heteroatoms. The summed E-state index contributed by atoms with van der Waals surface area (Å²) in [5, 5.41) is 17.9. The lowest BCUT2D eigenvalue weighted by Crippen LogP contribution is -2.64. The Morgan fingerprint density at radius 2 is 1.87 bits per heavy atom. The molecule has 54 heavy (non-hydrogen) atoms. The zero-order chi connectivity index (χ0) is 37.5. The minimum atomic E-state index is -0.731. The second-order valence-electron chi connectivity index (χ2n) is 17.2. The average molecular weight is 757 g/mol. The highest BCUT2D eigenvalue weighted by Gasteiger charge is 2.55. The van der Waals surface area contributed by atoms with E-state index in [-0.39, 0.29) is 23.8 Å².